The van der Waals surface area contributed by atoms with Gasteiger partial charge in [0.2, 0.25) is 0 Å². The maximum atomic E-state index is 13.6. The van der Waals surface area contributed by atoms with Crippen LogP contribution in [0.25, 0.3) is 0 Å². The molecule has 0 aromatic heterocycles. The van der Waals surface area contributed by atoms with Gasteiger partial charge >= 0.3 is 0 Å². The fourth-order valence-corrected chi connectivity index (χ4v) is 2.74. The second-order valence-electron chi connectivity index (χ2n) is 4.49. The Labute approximate surface area is 123 Å². The van der Waals surface area contributed by atoms with Crippen LogP contribution in [0.4, 0.5) is 14.5 Å². The lowest BCUT2D eigenvalue weighted by atomic mass is 10.1. The highest BCUT2D eigenvalue weighted by molar-refractivity contribution is 9.10. The molecule has 2 aromatic carbocycles. The first-order valence-electron chi connectivity index (χ1n) is 5.92. The second kappa shape index (κ2) is 5.71. The van der Waals surface area contributed by atoms with E-state index < -0.39 is 23.1 Å². The maximum Gasteiger partial charge on any atom is 0.261 e. The van der Waals surface area contributed by atoms with Crippen LogP contribution < -0.4 is 5.32 Å². The summed E-state index contributed by atoms with van der Waals surface area (Å²) in [7, 11) is 0. The Morgan fingerprint density at radius 3 is 2.30 bits per heavy atom. The second-order valence-corrected chi connectivity index (χ2v) is 5.34. The van der Waals surface area contributed by atoms with Gasteiger partial charge in [-0.3, -0.25) is 4.79 Å². The summed E-state index contributed by atoms with van der Waals surface area (Å²) < 4.78 is 27.8. The van der Waals surface area contributed by atoms with Gasteiger partial charge in [0.1, 0.15) is 17.2 Å². The average Bonchev–Trinajstić information content (AvgIpc) is 2.33. The zero-order valence-electron chi connectivity index (χ0n) is 10.9. The van der Waals surface area contributed by atoms with Crippen molar-refractivity contribution in [2.75, 3.05) is 5.32 Å². The van der Waals surface area contributed by atoms with Crippen molar-refractivity contribution < 1.29 is 13.6 Å². The van der Waals surface area contributed by atoms with E-state index in [4.69, 9.17) is 0 Å². The molecule has 0 radical (unpaired) electrons. The van der Waals surface area contributed by atoms with Gasteiger partial charge in [0, 0.05) is 4.47 Å². The molecule has 0 atom stereocenters. The predicted molar refractivity (Wildman–Crippen MR) is 77.9 cm³/mol. The highest BCUT2D eigenvalue weighted by atomic mass is 79.9. The Morgan fingerprint density at radius 1 is 1.15 bits per heavy atom. The largest absolute Gasteiger partial charge is 0.321 e. The summed E-state index contributed by atoms with van der Waals surface area (Å²) in [6, 6.07) is 7.01. The molecule has 0 aliphatic rings. The molecule has 2 aromatic rings. The number of aryl methyl sites for hydroxylation is 2. The summed E-state index contributed by atoms with van der Waals surface area (Å²) in [6.45, 7) is 3.73. The predicted octanol–water partition coefficient (Wildman–Crippen LogP) is 4.60. The fraction of sp³-hybridized carbons (Fsp3) is 0.133. The van der Waals surface area contributed by atoms with Crippen molar-refractivity contribution in [2.24, 2.45) is 0 Å². The van der Waals surface area contributed by atoms with Crippen LogP contribution >= 0.6 is 15.9 Å². The summed E-state index contributed by atoms with van der Waals surface area (Å²) in [4.78, 5) is 12.0. The van der Waals surface area contributed by atoms with E-state index in [9.17, 15) is 13.6 Å². The Kier molecular flexibility index (Phi) is 4.18. The van der Waals surface area contributed by atoms with E-state index in [1.54, 1.807) is 0 Å². The van der Waals surface area contributed by atoms with E-state index in [0.29, 0.717) is 10.2 Å². The van der Waals surface area contributed by atoms with Gasteiger partial charge < -0.3 is 5.32 Å². The number of benzene rings is 2. The molecule has 0 heterocycles. The van der Waals surface area contributed by atoms with Crippen LogP contribution in [-0.4, -0.2) is 5.91 Å². The van der Waals surface area contributed by atoms with Crippen LogP contribution in [0.5, 0.6) is 0 Å². The third-order valence-electron chi connectivity index (χ3n) is 2.86. The molecule has 1 N–H and O–H groups in total. The van der Waals surface area contributed by atoms with Crippen molar-refractivity contribution in [3.05, 3.63) is 63.1 Å². The molecular weight excluding hydrogens is 328 g/mol. The number of hydrogen-bond acceptors (Lipinski definition) is 1. The topological polar surface area (TPSA) is 29.1 Å². The quantitative estimate of drug-likeness (QED) is 0.851. The lowest BCUT2D eigenvalue weighted by Gasteiger charge is -2.12. The minimum absolute atomic E-state index is 0.503. The number of nitrogens with one attached hydrogen (secondary N) is 1. The molecule has 2 rings (SSSR count). The first kappa shape index (κ1) is 14.7. The number of halogens is 3. The first-order chi connectivity index (χ1) is 9.40. The minimum Gasteiger partial charge on any atom is -0.321 e. The Bertz CT molecular complexity index is 642. The summed E-state index contributed by atoms with van der Waals surface area (Å²) >= 11 is 3.33. The Hall–Kier alpha value is -1.75. The van der Waals surface area contributed by atoms with Crippen LogP contribution in [0, 0.1) is 25.5 Å². The fourth-order valence-electron chi connectivity index (χ4n) is 1.96. The SMILES string of the molecule is Cc1cc(C)c(NC(=O)c2c(F)cccc2F)c(Br)c1. The molecule has 104 valence electrons. The molecule has 5 heteroatoms. The number of hydrogen-bond donors (Lipinski definition) is 1. The van der Waals surface area contributed by atoms with Crippen molar-refractivity contribution in [1.29, 1.82) is 0 Å². The molecule has 20 heavy (non-hydrogen) atoms. The molecule has 2 nitrogen and oxygen atoms in total. The van der Waals surface area contributed by atoms with E-state index in [-0.39, 0.29) is 0 Å². The van der Waals surface area contributed by atoms with E-state index in [1.165, 1.54) is 6.07 Å². The molecule has 0 spiro atoms. The van der Waals surface area contributed by atoms with Gasteiger partial charge in [0.15, 0.2) is 0 Å². The smallest absolute Gasteiger partial charge is 0.261 e. The molecule has 0 bridgehead atoms. The molecule has 1 amide bonds. The summed E-state index contributed by atoms with van der Waals surface area (Å²) in [5.74, 6) is -2.58. The molecule has 0 unspecified atom stereocenters. The Balaban J connectivity index is 2.38. The van der Waals surface area contributed by atoms with E-state index in [2.05, 4.69) is 21.2 Å². The molecule has 0 aliphatic carbocycles. The summed E-state index contributed by atoms with van der Waals surface area (Å²) in [5, 5.41) is 2.54. The van der Waals surface area contributed by atoms with Crippen molar-refractivity contribution in [2.45, 2.75) is 13.8 Å². The minimum atomic E-state index is -0.886. The number of amides is 1. The van der Waals surface area contributed by atoms with Gasteiger partial charge in [0.25, 0.3) is 5.91 Å². The van der Waals surface area contributed by atoms with Gasteiger partial charge in [-0.25, -0.2) is 8.78 Å². The van der Waals surface area contributed by atoms with Crippen LogP contribution in [0.1, 0.15) is 21.5 Å². The zero-order chi connectivity index (χ0) is 14.9. The summed E-state index contributed by atoms with van der Waals surface area (Å²) in [5.41, 5.74) is 1.74. The molecular formula is C15H12BrF2NO. The molecule has 0 aliphatic heterocycles. The van der Waals surface area contributed by atoms with Crippen molar-refractivity contribution in [3.63, 3.8) is 0 Å². The van der Waals surface area contributed by atoms with Crippen LogP contribution in [0.2, 0.25) is 0 Å². The van der Waals surface area contributed by atoms with Crippen LogP contribution in [0.15, 0.2) is 34.8 Å². The van der Waals surface area contributed by atoms with Crippen molar-refractivity contribution >= 4 is 27.5 Å². The number of rotatable bonds is 2. The van der Waals surface area contributed by atoms with E-state index in [0.717, 1.165) is 23.3 Å². The van der Waals surface area contributed by atoms with Gasteiger partial charge in [-0.05, 0) is 59.1 Å². The van der Waals surface area contributed by atoms with Gasteiger partial charge in [-0.15, -0.1) is 0 Å². The van der Waals surface area contributed by atoms with Crippen LogP contribution in [-0.2, 0) is 0 Å². The first-order valence-corrected chi connectivity index (χ1v) is 6.71. The summed E-state index contributed by atoms with van der Waals surface area (Å²) in [6.07, 6.45) is 0. The molecule has 0 saturated heterocycles. The Morgan fingerprint density at radius 2 is 1.75 bits per heavy atom. The van der Waals surface area contributed by atoms with E-state index >= 15 is 0 Å². The standard InChI is InChI=1S/C15H12BrF2NO/c1-8-6-9(2)14(10(16)7-8)19-15(20)13-11(17)4-3-5-12(13)18/h3-7H,1-2H3,(H,19,20). The molecule has 0 fully saturated rings. The highest BCUT2D eigenvalue weighted by Gasteiger charge is 2.18. The third kappa shape index (κ3) is 2.88. The molecule has 0 saturated carbocycles. The van der Waals surface area contributed by atoms with Gasteiger partial charge in [-0.2, -0.15) is 0 Å². The average molecular weight is 340 g/mol. The number of carbonyl (C=O) groups is 1. The van der Waals surface area contributed by atoms with Gasteiger partial charge in [-0.1, -0.05) is 12.1 Å². The lowest BCUT2D eigenvalue weighted by Crippen LogP contribution is -2.17. The van der Waals surface area contributed by atoms with E-state index in [1.807, 2.05) is 26.0 Å². The maximum absolute atomic E-state index is 13.6. The number of anilines is 1. The lowest BCUT2D eigenvalue weighted by molar-refractivity contribution is 0.101. The van der Waals surface area contributed by atoms with Crippen molar-refractivity contribution in [3.8, 4) is 0 Å². The van der Waals surface area contributed by atoms with Crippen LogP contribution in [0.3, 0.4) is 0 Å². The monoisotopic (exact) mass is 339 g/mol. The third-order valence-corrected chi connectivity index (χ3v) is 3.49. The van der Waals surface area contributed by atoms with Gasteiger partial charge in [0.05, 0.1) is 5.69 Å². The number of carbonyl (C=O) groups excluding carboxylic acids is 1. The zero-order valence-corrected chi connectivity index (χ0v) is 12.5. The highest BCUT2D eigenvalue weighted by Crippen LogP contribution is 2.28. The van der Waals surface area contributed by atoms with Crippen molar-refractivity contribution in [1.82, 2.24) is 0 Å². The normalized spacial score (nSPS) is 10.4.